The first-order valence-corrected chi connectivity index (χ1v) is 17.0. The summed E-state index contributed by atoms with van der Waals surface area (Å²) in [5, 5.41) is 166. The summed E-state index contributed by atoms with van der Waals surface area (Å²) < 4.78 is 50.2. The van der Waals surface area contributed by atoms with E-state index in [9.17, 15) is 81.7 Å². The quantitative estimate of drug-likeness (QED) is 0.0871. The monoisotopic (exact) mass is 798 g/mol. The molecule has 0 radical (unpaired) electrons. The van der Waals surface area contributed by atoms with E-state index in [1.807, 2.05) is 0 Å². The molecule has 316 valence electrons. The summed E-state index contributed by atoms with van der Waals surface area (Å²) in [6.07, 6.45) is -44.7. The second-order valence-corrected chi connectivity index (χ2v) is 13.5. The largest absolute Gasteiger partial charge is 0.394 e. The molecule has 5 saturated heterocycles. The fraction of sp³-hybridized carbons (Fsp3) is 1.00. The predicted octanol–water partition coefficient (Wildman–Crippen LogP) is -11.3. The first-order chi connectivity index (χ1) is 25.6. The van der Waals surface area contributed by atoms with Gasteiger partial charge < -0.3 is 124 Å². The number of hydrogen-bond donors (Lipinski definition) is 16. The molecule has 5 heterocycles. The molecule has 0 aromatic carbocycles. The molecule has 0 saturated carbocycles. The van der Waals surface area contributed by atoms with Gasteiger partial charge in [-0.1, -0.05) is 0 Å². The molecule has 5 aliphatic rings. The van der Waals surface area contributed by atoms with Crippen molar-refractivity contribution >= 4 is 0 Å². The lowest BCUT2D eigenvalue weighted by Gasteiger charge is -2.50. The van der Waals surface area contributed by atoms with E-state index >= 15 is 0 Å². The Hall–Kier alpha value is -1.00. The summed E-state index contributed by atoms with van der Waals surface area (Å²) in [5.74, 6) is 0. The Kier molecular flexibility index (Phi) is 15.3. The third-order valence-electron chi connectivity index (χ3n) is 9.93. The number of rotatable bonds is 12. The van der Waals surface area contributed by atoms with Crippen LogP contribution in [0.4, 0.5) is 0 Å². The van der Waals surface area contributed by atoms with E-state index in [0.29, 0.717) is 0 Å². The standard InChI is InChI=1S/C29H50O25/c30-1-7-11(35)14(38)18(42)27(48-7)51-21-6(34)5-46-26(20(21)44)53-23-13(37)9(3-32)50-29(52-22-10(4-33)47-25(45)17(41)16(22)40)24(23)54-28-19(43)15(39)12(36)8(2-31)49-28/h6-45H,1-5H2/t6-,7-,8-,9-,10-,11-,12-,13-,14+,15+,16-,17-,18-,19-,20-,21+,22+,23+,24-,25?,26+,27+,28+,29+/m1/s1. The van der Waals surface area contributed by atoms with E-state index in [-0.39, 0.29) is 0 Å². The lowest BCUT2D eigenvalue weighted by molar-refractivity contribution is -0.405. The Balaban J connectivity index is 1.44. The molecule has 16 N–H and O–H groups in total. The topological polar surface area (TPSA) is 407 Å². The van der Waals surface area contributed by atoms with Crippen molar-refractivity contribution in [3.05, 3.63) is 0 Å². The van der Waals surface area contributed by atoms with E-state index in [1.54, 1.807) is 0 Å². The SMILES string of the molecule is OC[C@H]1O[C@@H](O[C@@H]2[C@@H](O)[C@H](O[C@H]3[C@H](O)[C@@H](CO)O[C@@H](O[C@@H]4[C@H](O)[C@@H](O)C(O)O[C@@H]4CO)[C@@H]3O[C@@H]3O[C@H](CO)[C@@H](O)[C@H](O)[C@H]3O)OC[C@H]2O)[C@H](O)[C@@H](O)[C@@H]1O. The van der Waals surface area contributed by atoms with Crippen molar-refractivity contribution in [1.82, 2.24) is 0 Å². The third-order valence-corrected chi connectivity index (χ3v) is 9.93. The fourth-order valence-electron chi connectivity index (χ4n) is 6.73. The van der Waals surface area contributed by atoms with Crippen molar-refractivity contribution in [2.24, 2.45) is 0 Å². The van der Waals surface area contributed by atoms with E-state index in [1.165, 1.54) is 0 Å². The molecule has 0 spiro atoms. The molecule has 5 fully saturated rings. The van der Waals surface area contributed by atoms with Crippen LogP contribution in [0.1, 0.15) is 0 Å². The van der Waals surface area contributed by atoms with Gasteiger partial charge in [-0.3, -0.25) is 0 Å². The maximum Gasteiger partial charge on any atom is 0.187 e. The Labute approximate surface area is 305 Å². The summed E-state index contributed by atoms with van der Waals surface area (Å²) in [6, 6.07) is 0. The fourth-order valence-corrected chi connectivity index (χ4v) is 6.73. The molecule has 25 heteroatoms. The molecule has 54 heavy (non-hydrogen) atoms. The van der Waals surface area contributed by atoms with Gasteiger partial charge >= 0.3 is 0 Å². The van der Waals surface area contributed by atoms with Crippen molar-refractivity contribution in [1.29, 1.82) is 0 Å². The molecule has 0 bridgehead atoms. The van der Waals surface area contributed by atoms with Crippen LogP contribution in [-0.2, 0) is 42.6 Å². The minimum atomic E-state index is -2.08. The Morgan fingerprint density at radius 3 is 1.31 bits per heavy atom. The van der Waals surface area contributed by atoms with Gasteiger partial charge in [0.15, 0.2) is 31.5 Å². The van der Waals surface area contributed by atoms with E-state index in [4.69, 9.17) is 42.6 Å². The van der Waals surface area contributed by atoms with Crippen LogP contribution in [0.2, 0.25) is 0 Å². The first-order valence-electron chi connectivity index (χ1n) is 17.0. The molecular formula is C29H50O25. The molecule has 0 aromatic heterocycles. The van der Waals surface area contributed by atoms with E-state index in [0.717, 1.165) is 0 Å². The minimum Gasteiger partial charge on any atom is -0.394 e. The summed E-state index contributed by atoms with van der Waals surface area (Å²) in [7, 11) is 0. The van der Waals surface area contributed by atoms with Crippen LogP contribution in [0.3, 0.4) is 0 Å². The normalized spacial score (nSPS) is 53.3. The highest BCUT2D eigenvalue weighted by Crippen LogP contribution is 2.36. The van der Waals surface area contributed by atoms with Gasteiger partial charge in [0.25, 0.3) is 0 Å². The summed E-state index contributed by atoms with van der Waals surface area (Å²) >= 11 is 0. The average Bonchev–Trinajstić information content (AvgIpc) is 3.16. The van der Waals surface area contributed by atoms with Crippen molar-refractivity contribution < 1.29 is 124 Å². The summed E-state index contributed by atoms with van der Waals surface area (Å²) in [5.41, 5.74) is 0. The van der Waals surface area contributed by atoms with Gasteiger partial charge in [-0.2, -0.15) is 0 Å². The molecule has 1 unspecified atom stereocenters. The van der Waals surface area contributed by atoms with E-state index < -0.39 is 180 Å². The van der Waals surface area contributed by atoms with Gasteiger partial charge in [0.2, 0.25) is 0 Å². The molecule has 25 nitrogen and oxygen atoms in total. The molecule has 0 aromatic rings. The second-order valence-electron chi connectivity index (χ2n) is 13.5. The van der Waals surface area contributed by atoms with Crippen LogP contribution in [-0.4, -0.2) is 262 Å². The third kappa shape index (κ3) is 8.85. The zero-order valence-electron chi connectivity index (χ0n) is 28.2. The van der Waals surface area contributed by atoms with Crippen LogP contribution in [0, 0.1) is 0 Å². The van der Waals surface area contributed by atoms with Crippen molar-refractivity contribution in [3.63, 3.8) is 0 Å². The van der Waals surface area contributed by atoms with Gasteiger partial charge in [-0.25, -0.2) is 0 Å². The van der Waals surface area contributed by atoms with E-state index in [2.05, 4.69) is 0 Å². The van der Waals surface area contributed by atoms with Crippen LogP contribution < -0.4 is 0 Å². The minimum absolute atomic E-state index is 0.672. The van der Waals surface area contributed by atoms with Gasteiger partial charge in [-0.05, 0) is 0 Å². The number of aliphatic hydroxyl groups excluding tert-OH is 16. The molecule has 5 rings (SSSR count). The summed E-state index contributed by atoms with van der Waals surface area (Å²) in [6.45, 7) is -4.29. The van der Waals surface area contributed by atoms with Crippen LogP contribution in [0.5, 0.6) is 0 Å². The van der Waals surface area contributed by atoms with Gasteiger partial charge in [-0.15, -0.1) is 0 Å². The van der Waals surface area contributed by atoms with Crippen molar-refractivity contribution in [3.8, 4) is 0 Å². The first kappa shape index (κ1) is 44.1. The highest BCUT2D eigenvalue weighted by molar-refractivity contribution is 4.98. The Morgan fingerprint density at radius 2 is 0.796 bits per heavy atom. The van der Waals surface area contributed by atoms with Crippen molar-refractivity contribution in [2.75, 3.05) is 33.0 Å². The molecule has 0 aliphatic carbocycles. The van der Waals surface area contributed by atoms with Gasteiger partial charge in [0.1, 0.15) is 116 Å². The average molecular weight is 799 g/mol. The smallest absolute Gasteiger partial charge is 0.187 e. The Morgan fingerprint density at radius 1 is 0.352 bits per heavy atom. The second kappa shape index (κ2) is 18.7. The number of aliphatic hydroxyl groups is 16. The highest BCUT2D eigenvalue weighted by Gasteiger charge is 2.56. The van der Waals surface area contributed by atoms with Crippen LogP contribution in [0.25, 0.3) is 0 Å². The highest BCUT2D eigenvalue weighted by atomic mass is 16.8. The van der Waals surface area contributed by atoms with Gasteiger partial charge in [0.05, 0.1) is 33.0 Å². The lowest BCUT2D eigenvalue weighted by atomic mass is 9.95. The lowest BCUT2D eigenvalue weighted by Crippen LogP contribution is -2.68. The van der Waals surface area contributed by atoms with Gasteiger partial charge in [0, 0.05) is 0 Å². The maximum absolute atomic E-state index is 11.4. The number of hydrogen-bond acceptors (Lipinski definition) is 25. The molecular weight excluding hydrogens is 748 g/mol. The predicted molar refractivity (Wildman–Crippen MR) is 161 cm³/mol. The zero-order chi connectivity index (χ0) is 39.8. The molecule has 5 aliphatic heterocycles. The number of ether oxygens (including phenoxy) is 9. The Bertz CT molecular complexity index is 1150. The van der Waals surface area contributed by atoms with Crippen molar-refractivity contribution in [2.45, 2.75) is 147 Å². The van der Waals surface area contributed by atoms with Crippen LogP contribution in [0.15, 0.2) is 0 Å². The maximum atomic E-state index is 11.4. The van der Waals surface area contributed by atoms with Crippen LogP contribution >= 0.6 is 0 Å². The molecule has 24 atom stereocenters. The molecule has 0 amide bonds. The summed E-state index contributed by atoms with van der Waals surface area (Å²) in [4.78, 5) is 0. The zero-order valence-corrected chi connectivity index (χ0v) is 28.2.